The number of benzene rings is 2. The molecule has 0 aromatic heterocycles. The number of hydrogen-bond donors (Lipinski definition) is 1. The molecule has 2 atom stereocenters. The first-order valence-corrected chi connectivity index (χ1v) is 7.18. The van der Waals surface area contributed by atoms with Crippen molar-refractivity contribution in [2.24, 2.45) is 0 Å². The maximum atomic E-state index is 12.1. The third-order valence-electron chi connectivity index (χ3n) is 3.58. The maximum absolute atomic E-state index is 12.1. The van der Waals surface area contributed by atoms with Gasteiger partial charge in [-0.3, -0.25) is 5.32 Å². The predicted octanol–water partition coefficient (Wildman–Crippen LogP) is 3.26. The minimum Gasteiger partial charge on any atom is -0.497 e. The number of rotatable bonds is 6. The van der Waals surface area contributed by atoms with Gasteiger partial charge in [0.15, 0.2) is 0 Å². The Bertz CT molecular complexity index is 613. The summed E-state index contributed by atoms with van der Waals surface area (Å²) in [5.41, 5.74) is 1.92. The van der Waals surface area contributed by atoms with Gasteiger partial charge in [-0.1, -0.05) is 42.5 Å². The van der Waals surface area contributed by atoms with Crippen molar-refractivity contribution in [3.8, 4) is 5.75 Å². The lowest BCUT2D eigenvalue weighted by atomic mass is 10.0. The number of hydrogen-bond acceptors (Lipinski definition) is 4. The molecule has 1 N–H and O–H groups in total. The molecule has 0 amide bonds. The molecule has 0 bridgehead atoms. The van der Waals surface area contributed by atoms with Gasteiger partial charge in [-0.2, -0.15) is 0 Å². The first-order valence-electron chi connectivity index (χ1n) is 7.18. The summed E-state index contributed by atoms with van der Waals surface area (Å²) < 4.78 is 10.2. The van der Waals surface area contributed by atoms with Crippen molar-refractivity contribution in [3.63, 3.8) is 0 Å². The quantitative estimate of drug-likeness (QED) is 0.832. The van der Waals surface area contributed by atoms with Crippen LogP contribution in [-0.2, 0) is 9.53 Å². The molecule has 0 unspecified atom stereocenters. The fourth-order valence-electron chi connectivity index (χ4n) is 2.32. The average Bonchev–Trinajstić information content (AvgIpc) is 2.59. The SMILES string of the molecule is COC(=O)[C@H](N[C@H](C)c1cccc(OC)c1)c1ccccc1. The summed E-state index contributed by atoms with van der Waals surface area (Å²) in [6.45, 7) is 2.01. The lowest BCUT2D eigenvalue weighted by Crippen LogP contribution is -2.31. The van der Waals surface area contributed by atoms with Crippen molar-refractivity contribution in [2.45, 2.75) is 19.0 Å². The van der Waals surface area contributed by atoms with Crippen molar-refractivity contribution in [1.82, 2.24) is 5.32 Å². The average molecular weight is 299 g/mol. The highest BCUT2D eigenvalue weighted by Gasteiger charge is 2.23. The van der Waals surface area contributed by atoms with Gasteiger partial charge in [0.2, 0.25) is 0 Å². The Morgan fingerprint density at radius 1 is 1.00 bits per heavy atom. The highest BCUT2D eigenvalue weighted by atomic mass is 16.5. The first kappa shape index (κ1) is 16.0. The fraction of sp³-hybridized carbons (Fsp3) is 0.278. The van der Waals surface area contributed by atoms with Crippen molar-refractivity contribution in [2.75, 3.05) is 14.2 Å². The van der Waals surface area contributed by atoms with Gasteiger partial charge in [0.25, 0.3) is 0 Å². The molecule has 0 aliphatic carbocycles. The van der Waals surface area contributed by atoms with Crippen LogP contribution in [0.2, 0.25) is 0 Å². The summed E-state index contributed by atoms with van der Waals surface area (Å²) in [4.78, 5) is 12.1. The molecule has 0 radical (unpaired) electrons. The maximum Gasteiger partial charge on any atom is 0.327 e. The van der Waals surface area contributed by atoms with E-state index in [1.807, 2.05) is 61.5 Å². The van der Waals surface area contributed by atoms with E-state index >= 15 is 0 Å². The largest absolute Gasteiger partial charge is 0.497 e. The molecular weight excluding hydrogens is 278 g/mol. The van der Waals surface area contributed by atoms with Crippen LogP contribution in [0, 0.1) is 0 Å². The molecule has 4 nitrogen and oxygen atoms in total. The van der Waals surface area contributed by atoms with Gasteiger partial charge in [-0.15, -0.1) is 0 Å². The summed E-state index contributed by atoms with van der Waals surface area (Å²) in [5, 5.41) is 3.32. The van der Waals surface area contributed by atoms with E-state index in [4.69, 9.17) is 9.47 Å². The smallest absolute Gasteiger partial charge is 0.327 e. The standard InChI is InChI=1S/C18H21NO3/c1-13(15-10-7-11-16(12-15)21-2)19-17(18(20)22-3)14-8-5-4-6-9-14/h4-13,17,19H,1-3H3/t13-,17-/m1/s1. The topological polar surface area (TPSA) is 47.6 Å². The van der Waals surface area contributed by atoms with Crippen LogP contribution in [0.25, 0.3) is 0 Å². The number of carbonyl (C=O) groups is 1. The van der Waals surface area contributed by atoms with Crippen molar-refractivity contribution >= 4 is 5.97 Å². The summed E-state index contributed by atoms with van der Waals surface area (Å²) in [6, 6.07) is 16.8. The lowest BCUT2D eigenvalue weighted by molar-refractivity contribution is -0.143. The zero-order valence-electron chi connectivity index (χ0n) is 13.1. The summed E-state index contributed by atoms with van der Waals surface area (Å²) in [6.07, 6.45) is 0. The van der Waals surface area contributed by atoms with Crippen LogP contribution in [0.4, 0.5) is 0 Å². The van der Waals surface area contributed by atoms with Gasteiger partial charge in [0, 0.05) is 6.04 Å². The Balaban J connectivity index is 2.21. The lowest BCUT2D eigenvalue weighted by Gasteiger charge is -2.22. The predicted molar refractivity (Wildman–Crippen MR) is 85.7 cm³/mol. The van der Waals surface area contributed by atoms with Gasteiger partial charge >= 0.3 is 5.97 Å². The molecule has 0 spiro atoms. The molecule has 0 fully saturated rings. The summed E-state index contributed by atoms with van der Waals surface area (Å²) in [7, 11) is 3.04. The Labute approximate surface area is 131 Å². The van der Waals surface area contributed by atoms with E-state index < -0.39 is 6.04 Å². The second-order valence-electron chi connectivity index (χ2n) is 5.03. The summed E-state index contributed by atoms with van der Waals surface area (Å²) in [5.74, 6) is 0.487. The van der Waals surface area contributed by atoms with Crippen LogP contribution in [0.5, 0.6) is 5.75 Å². The first-order chi connectivity index (χ1) is 10.7. The second-order valence-corrected chi connectivity index (χ2v) is 5.03. The molecule has 22 heavy (non-hydrogen) atoms. The molecule has 4 heteroatoms. The van der Waals surface area contributed by atoms with E-state index in [2.05, 4.69) is 5.32 Å². The molecule has 0 aliphatic rings. The van der Waals surface area contributed by atoms with Crippen molar-refractivity contribution in [3.05, 3.63) is 65.7 Å². The van der Waals surface area contributed by atoms with Crippen molar-refractivity contribution < 1.29 is 14.3 Å². The highest BCUT2D eigenvalue weighted by molar-refractivity contribution is 5.77. The molecule has 0 heterocycles. The van der Waals surface area contributed by atoms with Gasteiger partial charge < -0.3 is 9.47 Å². The van der Waals surface area contributed by atoms with E-state index in [0.717, 1.165) is 16.9 Å². The van der Waals surface area contributed by atoms with Crippen LogP contribution in [-0.4, -0.2) is 20.2 Å². The van der Waals surface area contributed by atoms with Gasteiger partial charge in [-0.05, 0) is 30.2 Å². The molecule has 0 aliphatic heterocycles. The normalized spacial score (nSPS) is 13.2. The Morgan fingerprint density at radius 2 is 1.68 bits per heavy atom. The molecular formula is C18H21NO3. The fourth-order valence-corrected chi connectivity index (χ4v) is 2.32. The Morgan fingerprint density at radius 3 is 2.32 bits per heavy atom. The minimum atomic E-state index is -0.507. The van der Waals surface area contributed by atoms with Gasteiger partial charge in [-0.25, -0.2) is 4.79 Å². The monoisotopic (exact) mass is 299 g/mol. The van der Waals surface area contributed by atoms with E-state index in [0.29, 0.717) is 0 Å². The molecule has 116 valence electrons. The molecule has 0 saturated heterocycles. The molecule has 2 rings (SSSR count). The van der Waals surface area contributed by atoms with E-state index in [9.17, 15) is 4.79 Å². The van der Waals surface area contributed by atoms with Crippen LogP contribution < -0.4 is 10.1 Å². The summed E-state index contributed by atoms with van der Waals surface area (Å²) >= 11 is 0. The number of carbonyl (C=O) groups excluding carboxylic acids is 1. The number of ether oxygens (including phenoxy) is 2. The third-order valence-corrected chi connectivity index (χ3v) is 3.58. The van der Waals surface area contributed by atoms with E-state index in [-0.39, 0.29) is 12.0 Å². The van der Waals surface area contributed by atoms with E-state index in [1.54, 1.807) is 7.11 Å². The van der Waals surface area contributed by atoms with Crippen LogP contribution in [0.15, 0.2) is 54.6 Å². The number of methoxy groups -OCH3 is 2. The zero-order valence-corrected chi connectivity index (χ0v) is 13.1. The molecule has 0 saturated carbocycles. The Kier molecular flexibility index (Phi) is 5.55. The van der Waals surface area contributed by atoms with Crippen LogP contribution >= 0.6 is 0 Å². The van der Waals surface area contributed by atoms with Gasteiger partial charge in [0.05, 0.1) is 14.2 Å². The molecule has 2 aromatic carbocycles. The zero-order chi connectivity index (χ0) is 15.9. The minimum absolute atomic E-state index is 0.0283. The van der Waals surface area contributed by atoms with Crippen LogP contribution in [0.3, 0.4) is 0 Å². The van der Waals surface area contributed by atoms with E-state index in [1.165, 1.54) is 7.11 Å². The molecule has 2 aromatic rings. The Hall–Kier alpha value is -2.33. The second kappa shape index (κ2) is 7.61. The van der Waals surface area contributed by atoms with Crippen molar-refractivity contribution in [1.29, 1.82) is 0 Å². The number of esters is 1. The highest BCUT2D eigenvalue weighted by Crippen LogP contribution is 2.23. The van der Waals surface area contributed by atoms with Gasteiger partial charge in [0.1, 0.15) is 11.8 Å². The van der Waals surface area contributed by atoms with Crippen LogP contribution in [0.1, 0.15) is 30.1 Å². The third kappa shape index (κ3) is 3.86. The number of nitrogens with one attached hydrogen (secondary N) is 1.